The Morgan fingerprint density at radius 2 is 2.14 bits per heavy atom. The van der Waals surface area contributed by atoms with Crippen LogP contribution in [0, 0.1) is 0 Å². The fourth-order valence-corrected chi connectivity index (χ4v) is 3.11. The van der Waals surface area contributed by atoms with Crippen LogP contribution in [0.1, 0.15) is 24.0 Å². The summed E-state index contributed by atoms with van der Waals surface area (Å²) in [7, 11) is 0. The zero-order valence-electron chi connectivity index (χ0n) is 12.7. The molecule has 3 unspecified atom stereocenters. The summed E-state index contributed by atoms with van der Waals surface area (Å²) in [4.78, 5) is 1.91. The molecule has 0 radical (unpaired) electrons. The molecule has 0 spiro atoms. The molecule has 3 atom stereocenters. The van der Waals surface area contributed by atoms with Crippen LogP contribution in [0.25, 0.3) is 0 Å². The van der Waals surface area contributed by atoms with Crippen molar-refractivity contribution in [3.63, 3.8) is 0 Å². The predicted octanol–water partition coefficient (Wildman–Crippen LogP) is -0.229. The van der Waals surface area contributed by atoms with Gasteiger partial charge in [0.1, 0.15) is 12.5 Å². The molecule has 124 valence electrons. The number of thiol groups is 1. The van der Waals surface area contributed by atoms with Gasteiger partial charge in [0.25, 0.3) is 0 Å². The van der Waals surface area contributed by atoms with Gasteiger partial charge in [0.15, 0.2) is 0 Å². The van der Waals surface area contributed by atoms with E-state index < -0.39 is 12.5 Å². The second-order valence-corrected chi connectivity index (χ2v) is 5.96. The second kappa shape index (κ2) is 8.83. The molecule has 6 nitrogen and oxygen atoms in total. The van der Waals surface area contributed by atoms with Gasteiger partial charge < -0.3 is 15.9 Å². The molecule has 2 rings (SSSR count). The van der Waals surface area contributed by atoms with E-state index in [-0.39, 0.29) is 6.04 Å². The number of aliphatic hydroxyl groups is 2. The average molecular weight is 326 g/mol. The highest BCUT2D eigenvalue weighted by Gasteiger charge is 2.34. The number of aliphatic hydroxyl groups excluding tert-OH is 2. The summed E-state index contributed by atoms with van der Waals surface area (Å²) in [5, 5.41) is 23.6. The van der Waals surface area contributed by atoms with Crippen LogP contribution >= 0.6 is 12.8 Å². The van der Waals surface area contributed by atoms with Gasteiger partial charge in [-0.15, -0.1) is 0 Å². The summed E-state index contributed by atoms with van der Waals surface area (Å²) in [6.07, 6.45) is 0.511. The van der Waals surface area contributed by atoms with Crippen molar-refractivity contribution in [2.45, 2.75) is 44.4 Å². The van der Waals surface area contributed by atoms with Crippen LogP contribution < -0.4 is 15.8 Å². The minimum absolute atomic E-state index is 0.0885. The van der Waals surface area contributed by atoms with Crippen molar-refractivity contribution in [1.29, 1.82) is 0 Å². The molecule has 0 saturated carbocycles. The van der Waals surface area contributed by atoms with Crippen molar-refractivity contribution >= 4 is 12.8 Å². The van der Waals surface area contributed by atoms with E-state index in [1.54, 1.807) is 0 Å². The lowest BCUT2D eigenvalue weighted by atomic mass is 10.1. The lowest BCUT2D eigenvalue weighted by Crippen LogP contribution is -2.52. The number of nitrogens with one attached hydrogen (secondary N) is 2. The van der Waals surface area contributed by atoms with E-state index in [9.17, 15) is 10.2 Å². The number of hydrogen-bond donors (Lipinski definition) is 6. The maximum Gasteiger partial charge on any atom is 0.121 e. The van der Waals surface area contributed by atoms with Gasteiger partial charge in [-0.2, -0.15) is 0 Å². The molecule has 1 aliphatic heterocycles. The Morgan fingerprint density at radius 1 is 1.36 bits per heavy atom. The lowest BCUT2D eigenvalue weighted by molar-refractivity contribution is -0.0463. The summed E-state index contributed by atoms with van der Waals surface area (Å²) in [5.74, 6) is 0. The quantitative estimate of drug-likeness (QED) is 0.292. The van der Waals surface area contributed by atoms with Crippen LogP contribution in [0.5, 0.6) is 0 Å². The van der Waals surface area contributed by atoms with Crippen LogP contribution in [0.2, 0.25) is 0 Å². The van der Waals surface area contributed by atoms with E-state index in [0.29, 0.717) is 19.6 Å². The molecular weight excluding hydrogens is 300 g/mol. The molecule has 7 heteroatoms. The molecule has 0 bridgehead atoms. The maximum atomic E-state index is 10.4. The first kappa shape index (κ1) is 17.7. The molecule has 22 heavy (non-hydrogen) atoms. The van der Waals surface area contributed by atoms with Gasteiger partial charge in [0.2, 0.25) is 0 Å². The predicted molar refractivity (Wildman–Crippen MR) is 89.9 cm³/mol. The Hall–Kier alpha value is -0.670. The first-order valence-corrected chi connectivity index (χ1v) is 8.10. The maximum absolute atomic E-state index is 10.4. The third kappa shape index (κ3) is 4.66. The number of rotatable bonds is 8. The highest BCUT2D eigenvalue weighted by atomic mass is 32.1. The van der Waals surface area contributed by atoms with Crippen LogP contribution in [0.3, 0.4) is 0 Å². The minimum atomic E-state index is -0.682. The Labute approximate surface area is 137 Å². The van der Waals surface area contributed by atoms with E-state index in [0.717, 1.165) is 30.5 Å². The van der Waals surface area contributed by atoms with Crippen LogP contribution in [0.4, 0.5) is 0 Å². The van der Waals surface area contributed by atoms with Gasteiger partial charge in [0.05, 0.1) is 6.04 Å². The zero-order valence-corrected chi connectivity index (χ0v) is 13.5. The molecule has 1 heterocycles. The van der Waals surface area contributed by atoms with Crippen LogP contribution in [-0.2, 0) is 13.1 Å². The second-order valence-electron chi connectivity index (χ2n) is 5.64. The minimum Gasteiger partial charge on any atom is -0.377 e. The van der Waals surface area contributed by atoms with E-state index in [2.05, 4.69) is 22.9 Å². The summed E-state index contributed by atoms with van der Waals surface area (Å²) >= 11 is 3.92. The van der Waals surface area contributed by atoms with Gasteiger partial charge in [-0.25, -0.2) is 0 Å². The van der Waals surface area contributed by atoms with Crippen molar-refractivity contribution in [2.24, 2.45) is 5.73 Å². The Bertz CT molecular complexity index is 463. The van der Waals surface area contributed by atoms with Crippen molar-refractivity contribution in [3.8, 4) is 0 Å². The fraction of sp³-hybridized carbons (Fsp3) is 0.600. The molecule has 1 saturated heterocycles. The van der Waals surface area contributed by atoms with Gasteiger partial charge >= 0.3 is 0 Å². The SMILES string of the molecule is NCc1cccc(CNC(O)C2CCCN2C(O)CNS)c1. The molecule has 1 aromatic carbocycles. The standard InChI is InChI=1S/C15H26N4O2S/c16-8-11-3-1-4-12(7-11)9-17-15(21)13-5-2-6-19(13)14(20)10-18-22/h1,3-4,7,13-15,17-18,20-22H,2,5-6,8-10,16H2. The van der Waals surface area contributed by atoms with Crippen molar-refractivity contribution in [1.82, 2.24) is 14.9 Å². The zero-order chi connectivity index (χ0) is 15.9. The molecule has 1 fully saturated rings. The molecule has 0 amide bonds. The number of likely N-dealkylation sites (tertiary alicyclic amines) is 1. The van der Waals surface area contributed by atoms with Crippen molar-refractivity contribution in [2.75, 3.05) is 13.1 Å². The third-order valence-corrected chi connectivity index (χ3v) is 4.29. The average Bonchev–Trinajstić information content (AvgIpc) is 3.03. The smallest absolute Gasteiger partial charge is 0.121 e. The van der Waals surface area contributed by atoms with E-state index >= 15 is 0 Å². The molecule has 0 aromatic heterocycles. The largest absolute Gasteiger partial charge is 0.377 e. The number of benzene rings is 1. The van der Waals surface area contributed by atoms with Gasteiger partial charge in [-0.3, -0.25) is 14.9 Å². The monoisotopic (exact) mass is 326 g/mol. The summed E-state index contributed by atoms with van der Waals surface area (Å²) in [6.45, 7) is 2.23. The van der Waals surface area contributed by atoms with Crippen LogP contribution in [-0.4, -0.2) is 46.7 Å². The highest BCUT2D eigenvalue weighted by Crippen LogP contribution is 2.21. The fourth-order valence-electron chi connectivity index (χ4n) is 2.95. The van der Waals surface area contributed by atoms with Crippen LogP contribution in [0.15, 0.2) is 24.3 Å². The van der Waals surface area contributed by atoms with E-state index in [1.807, 2.05) is 29.2 Å². The normalized spacial score (nSPS) is 21.9. The summed E-state index contributed by atoms with van der Waals surface area (Å²) < 4.78 is 2.66. The molecule has 0 aliphatic carbocycles. The molecule has 6 N–H and O–H groups in total. The third-order valence-electron chi connectivity index (χ3n) is 4.11. The topological polar surface area (TPSA) is 93.8 Å². The van der Waals surface area contributed by atoms with Gasteiger partial charge in [0, 0.05) is 26.2 Å². The van der Waals surface area contributed by atoms with Crippen molar-refractivity contribution < 1.29 is 10.2 Å². The highest BCUT2D eigenvalue weighted by molar-refractivity contribution is 7.78. The Morgan fingerprint density at radius 3 is 2.86 bits per heavy atom. The molecule has 1 aromatic rings. The first-order chi connectivity index (χ1) is 10.7. The lowest BCUT2D eigenvalue weighted by Gasteiger charge is -2.32. The van der Waals surface area contributed by atoms with E-state index in [1.165, 1.54) is 0 Å². The Kier molecular flexibility index (Phi) is 7.10. The molecular formula is C15H26N4O2S. The number of nitrogens with zero attached hydrogens (tertiary/aromatic N) is 1. The van der Waals surface area contributed by atoms with Gasteiger partial charge in [-0.05, 0) is 24.0 Å². The summed E-state index contributed by atoms with van der Waals surface area (Å²) in [5.41, 5.74) is 7.80. The van der Waals surface area contributed by atoms with Crippen molar-refractivity contribution in [3.05, 3.63) is 35.4 Å². The number of hydrogen-bond acceptors (Lipinski definition) is 7. The number of nitrogens with two attached hydrogens (primary N) is 1. The van der Waals surface area contributed by atoms with Gasteiger partial charge in [-0.1, -0.05) is 37.1 Å². The summed E-state index contributed by atoms with van der Waals surface area (Å²) in [6, 6.07) is 7.90. The van der Waals surface area contributed by atoms with E-state index in [4.69, 9.17) is 5.73 Å². The first-order valence-electron chi connectivity index (χ1n) is 7.65. The molecule has 1 aliphatic rings. The Balaban J connectivity index is 1.89.